The number of hydrogen-bond acceptors (Lipinski definition) is 11. The molecule has 0 fully saturated rings. The lowest BCUT2D eigenvalue weighted by atomic mass is 10.1. The van der Waals surface area contributed by atoms with Crippen LogP contribution in [0.25, 0.3) is 0 Å². The molecule has 0 aliphatic rings. The highest BCUT2D eigenvalue weighted by Gasteiger charge is 2.21. The molecular weight excluding hydrogens is 825 g/mol. The number of benzene rings is 6. The fourth-order valence-corrected chi connectivity index (χ4v) is 5.51. The Labute approximate surface area is 375 Å². The molecule has 0 heterocycles. The lowest BCUT2D eigenvalue weighted by Gasteiger charge is -2.20. The van der Waals surface area contributed by atoms with Gasteiger partial charge in [-0.3, -0.25) is 5.32 Å². The summed E-state index contributed by atoms with van der Waals surface area (Å²) in [5.41, 5.74) is 7.78. The maximum Gasteiger partial charge on any atom is 0.412 e. The molecule has 0 aromatic heterocycles. The number of anilines is 2. The zero-order chi connectivity index (χ0) is 47.1. The number of terminal acetylenes is 4. The fourth-order valence-electron chi connectivity index (χ4n) is 5.51. The van der Waals surface area contributed by atoms with Gasteiger partial charge in [-0.25, -0.2) is 24.0 Å². The van der Waals surface area contributed by atoms with Gasteiger partial charge in [-0.1, -0.05) is 47.9 Å². The van der Waals surface area contributed by atoms with Crippen LogP contribution in [-0.4, -0.2) is 35.6 Å². The number of nitrogens with one attached hydrogen (secondary N) is 1. The predicted molar refractivity (Wildman–Crippen MR) is 244 cm³/mol. The van der Waals surface area contributed by atoms with Crippen molar-refractivity contribution in [1.82, 2.24) is 0 Å². The molecule has 1 amide bonds. The van der Waals surface area contributed by atoms with Crippen LogP contribution in [0.2, 0.25) is 0 Å². The molecule has 0 saturated carbocycles. The molecule has 6 aromatic rings. The summed E-state index contributed by atoms with van der Waals surface area (Å²) in [6.45, 7) is 5.12. The molecule has 0 bridgehead atoms. The molecule has 0 radical (unpaired) electrons. The van der Waals surface area contributed by atoms with E-state index < -0.39 is 35.6 Å². The van der Waals surface area contributed by atoms with Crippen molar-refractivity contribution in [3.8, 4) is 72.4 Å². The molecule has 0 atom stereocenters. The third-order valence-corrected chi connectivity index (χ3v) is 8.32. The second kappa shape index (κ2) is 21.3. The smallest absolute Gasteiger partial charge is 0.412 e. The summed E-state index contributed by atoms with van der Waals surface area (Å²) >= 11 is 0. The van der Waals surface area contributed by atoms with Crippen LogP contribution in [0.1, 0.15) is 84.5 Å². The van der Waals surface area contributed by atoms with E-state index in [1.54, 1.807) is 106 Å². The molecule has 320 valence electrons. The van der Waals surface area contributed by atoms with E-state index in [9.17, 15) is 24.0 Å². The minimum Gasteiger partial charge on any atom is -0.444 e. The second-order valence-electron chi connectivity index (χ2n) is 14.5. The highest BCUT2D eigenvalue weighted by molar-refractivity contribution is 6.00. The van der Waals surface area contributed by atoms with Gasteiger partial charge in [-0.15, -0.1) is 25.7 Å². The lowest BCUT2D eigenvalue weighted by Crippen LogP contribution is -2.27. The Hall–Kier alpha value is -9.49. The Morgan fingerprint density at radius 3 is 1.03 bits per heavy atom. The van der Waals surface area contributed by atoms with Gasteiger partial charge in [0.1, 0.15) is 28.6 Å². The zero-order valence-corrected chi connectivity index (χ0v) is 35.2. The summed E-state index contributed by atoms with van der Waals surface area (Å²) in [4.78, 5) is 63.1. The van der Waals surface area contributed by atoms with Gasteiger partial charge in [0.2, 0.25) is 0 Å². The van der Waals surface area contributed by atoms with E-state index in [4.69, 9.17) is 55.1 Å². The van der Waals surface area contributed by atoms with Crippen molar-refractivity contribution in [2.75, 3.05) is 11.1 Å². The number of carbonyl (C=O) groups is 5. The first kappa shape index (κ1) is 46.6. The van der Waals surface area contributed by atoms with E-state index in [-0.39, 0.29) is 56.6 Å². The first-order chi connectivity index (χ1) is 31.0. The predicted octanol–water partition coefficient (Wildman–Crippen LogP) is 9.10. The van der Waals surface area contributed by atoms with Gasteiger partial charge < -0.3 is 29.4 Å². The average Bonchev–Trinajstić information content (AvgIpc) is 3.28. The summed E-state index contributed by atoms with van der Waals surface area (Å²) in [6.07, 6.45) is 20.7. The number of amides is 1. The number of nitrogens with two attached hydrogens (primary N) is 1. The van der Waals surface area contributed by atoms with Crippen LogP contribution in [0.3, 0.4) is 0 Å². The molecule has 6 rings (SSSR count). The number of esters is 4. The number of nitrogen functional groups attached to an aromatic ring is 1. The van der Waals surface area contributed by atoms with Crippen molar-refractivity contribution in [3.63, 3.8) is 0 Å². The Balaban J connectivity index is 0.000000250. The Morgan fingerprint density at radius 2 is 0.754 bits per heavy atom. The van der Waals surface area contributed by atoms with Gasteiger partial charge >= 0.3 is 30.0 Å². The van der Waals surface area contributed by atoms with E-state index in [0.717, 1.165) is 0 Å². The monoisotopic (exact) mass is 862 g/mol. The number of rotatable bonds is 9. The average molecular weight is 863 g/mol. The molecule has 12 nitrogen and oxygen atoms in total. The fraction of sp³-hybridized carbons (Fsp3) is 0.0755. The molecule has 65 heavy (non-hydrogen) atoms. The van der Waals surface area contributed by atoms with Crippen LogP contribution in [0, 0.1) is 49.4 Å². The molecular formula is C53H38N2O10. The van der Waals surface area contributed by atoms with Crippen molar-refractivity contribution >= 4 is 41.3 Å². The number of hydrogen-bond donors (Lipinski definition) is 2. The van der Waals surface area contributed by atoms with Gasteiger partial charge in [0, 0.05) is 33.6 Å². The van der Waals surface area contributed by atoms with Crippen LogP contribution in [-0.2, 0) is 4.74 Å². The van der Waals surface area contributed by atoms with Crippen molar-refractivity contribution in [2.45, 2.75) is 26.4 Å². The van der Waals surface area contributed by atoms with Gasteiger partial charge in [-0.2, -0.15) is 0 Å². The van der Waals surface area contributed by atoms with Gasteiger partial charge in [0.25, 0.3) is 0 Å². The van der Waals surface area contributed by atoms with Gasteiger partial charge in [0.15, 0.2) is 0 Å². The topological polar surface area (TPSA) is 170 Å². The summed E-state index contributed by atoms with van der Waals surface area (Å²) in [5.74, 6) is 7.91. The third kappa shape index (κ3) is 14.0. The second-order valence-corrected chi connectivity index (χ2v) is 14.5. The molecule has 12 heteroatoms. The highest BCUT2D eigenvalue weighted by Crippen LogP contribution is 2.24. The van der Waals surface area contributed by atoms with Crippen LogP contribution in [0.5, 0.6) is 23.0 Å². The maximum absolute atomic E-state index is 12.9. The minimum absolute atomic E-state index is 0.0148. The first-order valence-corrected chi connectivity index (χ1v) is 19.3. The van der Waals surface area contributed by atoms with E-state index in [2.05, 4.69) is 29.0 Å². The zero-order valence-electron chi connectivity index (χ0n) is 35.2. The SMILES string of the molecule is C#Cc1cccc(OC(=O)c2cc(N)cc(C(=O)Oc3cccc(C#C)c3)c2)c1.C#Cc1cccc(OC(=O)c2cc(NC(=O)OC(C)(C)C)cc(C(=O)Oc3cccc(C#C)c3)c2)c1. The third-order valence-electron chi connectivity index (χ3n) is 8.32. The number of carbonyl (C=O) groups excluding carboxylic acids is 5. The molecule has 0 unspecified atom stereocenters. The standard InChI is InChI=1S/C29H23NO6.C24H15NO4/c1-6-19-10-8-12-24(14-19)34-26(31)21-16-22(18-23(17-21)30-28(33)36-29(3,4)5)27(32)35-25-13-9-11-20(7-2)15-25;1-3-16-7-5-9-21(11-16)28-23(26)18-13-19(15-20(25)14-18)24(27)29-22-10-6-8-17(4-2)12-22/h1-2,8-18H,3-5H3,(H,30,33);1-2,5-15H,25H2. The van der Waals surface area contributed by atoms with E-state index in [0.29, 0.717) is 22.3 Å². The van der Waals surface area contributed by atoms with Crippen molar-refractivity contribution in [3.05, 3.63) is 178 Å². The van der Waals surface area contributed by atoms with Crippen molar-refractivity contribution in [2.24, 2.45) is 0 Å². The summed E-state index contributed by atoms with van der Waals surface area (Å²) in [6, 6.07) is 34.1. The molecule has 3 N–H and O–H groups in total. The summed E-state index contributed by atoms with van der Waals surface area (Å²) in [5, 5.41) is 2.52. The van der Waals surface area contributed by atoms with Gasteiger partial charge in [0.05, 0.1) is 22.3 Å². The highest BCUT2D eigenvalue weighted by atomic mass is 16.6. The molecule has 0 saturated heterocycles. The quantitative estimate of drug-likeness (QED) is 0.0615. The van der Waals surface area contributed by atoms with Gasteiger partial charge in [-0.05, 0) is 130 Å². The first-order valence-electron chi connectivity index (χ1n) is 19.3. The minimum atomic E-state index is -0.777. The van der Waals surface area contributed by atoms with Crippen LogP contribution in [0.4, 0.5) is 16.2 Å². The normalized spacial score (nSPS) is 10.1. The number of ether oxygens (including phenoxy) is 5. The van der Waals surface area contributed by atoms with E-state index in [1.165, 1.54) is 48.5 Å². The Morgan fingerprint density at radius 1 is 0.462 bits per heavy atom. The van der Waals surface area contributed by atoms with Crippen LogP contribution in [0.15, 0.2) is 133 Å². The molecule has 0 aliphatic heterocycles. The van der Waals surface area contributed by atoms with Crippen LogP contribution < -0.4 is 30.0 Å². The Bertz CT molecular complexity index is 2810. The van der Waals surface area contributed by atoms with E-state index >= 15 is 0 Å². The molecule has 0 aliphatic carbocycles. The summed E-state index contributed by atoms with van der Waals surface area (Å²) < 4.78 is 26.7. The largest absolute Gasteiger partial charge is 0.444 e. The molecule has 6 aromatic carbocycles. The lowest BCUT2D eigenvalue weighted by molar-refractivity contribution is 0.0631. The maximum atomic E-state index is 12.9. The molecule has 0 spiro atoms. The van der Waals surface area contributed by atoms with Crippen molar-refractivity contribution in [1.29, 1.82) is 0 Å². The summed E-state index contributed by atoms with van der Waals surface area (Å²) in [7, 11) is 0. The van der Waals surface area contributed by atoms with Crippen LogP contribution >= 0.6 is 0 Å². The van der Waals surface area contributed by atoms with E-state index in [1.807, 2.05) is 0 Å². The van der Waals surface area contributed by atoms with Crippen molar-refractivity contribution < 1.29 is 47.7 Å². The Kier molecular flexibility index (Phi) is 15.3.